The van der Waals surface area contributed by atoms with Gasteiger partial charge in [0.15, 0.2) is 0 Å². The highest BCUT2D eigenvalue weighted by Crippen LogP contribution is 2.03. The summed E-state index contributed by atoms with van der Waals surface area (Å²) in [4.78, 5) is 0. The van der Waals surface area contributed by atoms with Crippen LogP contribution in [0.3, 0.4) is 0 Å². The van der Waals surface area contributed by atoms with Gasteiger partial charge in [-0.2, -0.15) is 0 Å². The second-order valence-corrected chi connectivity index (χ2v) is 3.29. The zero-order valence-electron chi connectivity index (χ0n) is 8.73. The van der Waals surface area contributed by atoms with Crippen molar-refractivity contribution in [1.82, 2.24) is 0 Å². The first-order chi connectivity index (χ1) is 5.81. The largest absolute Gasteiger partial charge is 0.501 e. The standard InChI is InChI=1S/C11H22O/c1-4-6-7-9-12-10-11(3)8-5-2/h10H,4-9H2,1-3H3. The van der Waals surface area contributed by atoms with E-state index in [0.717, 1.165) is 13.0 Å². The summed E-state index contributed by atoms with van der Waals surface area (Å²) in [6.07, 6.45) is 8.02. The van der Waals surface area contributed by atoms with Crippen molar-refractivity contribution in [2.45, 2.75) is 52.9 Å². The highest BCUT2D eigenvalue weighted by molar-refractivity contribution is 4.91. The summed E-state index contributed by atoms with van der Waals surface area (Å²) in [6, 6.07) is 0. The van der Waals surface area contributed by atoms with Crippen LogP contribution in [0.4, 0.5) is 0 Å². The Hall–Kier alpha value is -0.460. The molecule has 0 aliphatic heterocycles. The molecule has 0 saturated heterocycles. The van der Waals surface area contributed by atoms with Crippen LogP contribution in [0.5, 0.6) is 0 Å². The molecule has 72 valence electrons. The maximum absolute atomic E-state index is 5.39. The summed E-state index contributed by atoms with van der Waals surface area (Å²) >= 11 is 0. The first-order valence-electron chi connectivity index (χ1n) is 5.08. The van der Waals surface area contributed by atoms with Gasteiger partial charge in [0.2, 0.25) is 0 Å². The topological polar surface area (TPSA) is 9.23 Å². The Morgan fingerprint density at radius 3 is 2.50 bits per heavy atom. The molecule has 0 bridgehead atoms. The molecule has 0 aliphatic rings. The minimum atomic E-state index is 0.884. The Morgan fingerprint density at radius 2 is 1.92 bits per heavy atom. The number of unbranched alkanes of at least 4 members (excludes halogenated alkanes) is 2. The van der Waals surface area contributed by atoms with Gasteiger partial charge in [-0.15, -0.1) is 0 Å². The maximum atomic E-state index is 5.39. The third-order valence-corrected chi connectivity index (χ3v) is 1.79. The SMILES string of the molecule is CCCCCOC=C(C)CCC. The van der Waals surface area contributed by atoms with Crippen molar-refractivity contribution in [3.63, 3.8) is 0 Å². The number of ether oxygens (including phenoxy) is 1. The number of allylic oxidation sites excluding steroid dienone is 1. The summed E-state index contributed by atoms with van der Waals surface area (Å²) in [5.74, 6) is 0. The van der Waals surface area contributed by atoms with Crippen LogP contribution < -0.4 is 0 Å². The zero-order valence-corrected chi connectivity index (χ0v) is 8.73. The van der Waals surface area contributed by atoms with Crippen LogP contribution in [-0.4, -0.2) is 6.61 Å². The van der Waals surface area contributed by atoms with Crippen molar-refractivity contribution in [2.75, 3.05) is 6.61 Å². The molecule has 0 aromatic heterocycles. The molecule has 0 radical (unpaired) electrons. The average Bonchev–Trinajstić information content (AvgIpc) is 2.05. The van der Waals surface area contributed by atoms with E-state index in [9.17, 15) is 0 Å². The van der Waals surface area contributed by atoms with E-state index in [1.165, 1.54) is 31.3 Å². The Balaban J connectivity index is 3.21. The third kappa shape index (κ3) is 7.64. The van der Waals surface area contributed by atoms with Gasteiger partial charge in [0.1, 0.15) is 0 Å². The van der Waals surface area contributed by atoms with Crippen molar-refractivity contribution in [3.8, 4) is 0 Å². The zero-order chi connectivity index (χ0) is 9.23. The van der Waals surface area contributed by atoms with Crippen molar-refractivity contribution < 1.29 is 4.74 Å². The van der Waals surface area contributed by atoms with Crippen LogP contribution in [0.2, 0.25) is 0 Å². The molecule has 0 spiro atoms. The highest BCUT2D eigenvalue weighted by Gasteiger charge is 1.88. The predicted molar refractivity (Wildman–Crippen MR) is 54.1 cm³/mol. The minimum Gasteiger partial charge on any atom is -0.501 e. The van der Waals surface area contributed by atoms with Gasteiger partial charge < -0.3 is 4.74 Å². The maximum Gasteiger partial charge on any atom is 0.0873 e. The Morgan fingerprint density at radius 1 is 1.17 bits per heavy atom. The van der Waals surface area contributed by atoms with Gasteiger partial charge in [-0.05, 0) is 25.3 Å². The molecular weight excluding hydrogens is 148 g/mol. The summed E-state index contributed by atoms with van der Waals surface area (Å²) < 4.78 is 5.39. The molecule has 0 heterocycles. The molecule has 0 unspecified atom stereocenters. The van der Waals surface area contributed by atoms with Crippen LogP contribution in [0, 0.1) is 0 Å². The highest BCUT2D eigenvalue weighted by atomic mass is 16.5. The van der Waals surface area contributed by atoms with Crippen molar-refractivity contribution in [1.29, 1.82) is 0 Å². The van der Waals surface area contributed by atoms with E-state index in [-0.39, 0.29) is 0 Å². The third-order valence-electron chi connectivity index (χ3n) is 1.79. The molecule has 0 aromatic carbocycles. The van der Waals surface area contributed by atoms with E-state index in [1.54, 1.807) is 0 Å². The van der Waals surface area contributed by atoms with Gasteiger partial charge in [0.25, 0.3) is 0 Å². The normalized spacial score (nSPS) is 11.8. The van der Waals surface area contributed by atoms with Gasteiger partial charge in [-0.3, -0.25) is 0 Å². The van der Waals surface area contributed by atoms with Crippen LogP contribution in [0.25, 0.3) is 0 Å². The number of hydrogen-bond donors (Lipinski definition) is 0. The lowest BCUT2D eigenvalue weighted by atomic mass is 10.2. The molecule has 1 heteroatoms. The Bertz CT molecular complexity index is 116. The molecular formula is C11H22O. The monoisotopic (exact) mass is 170 g/mol. The van der Waals surface area contributed by atoms with Gasteiger partial charge in [0, 0.05) is 0 Å². The smallest absolute Gasteiger partial charge is 0.0873 e. The Labute approximate surface area is 76.8 Å². The van der Waals surface area contributed by atoms with E-state index >= 15 is 0 Å². The second-order valence-electron chi connectivity index (χ2n) is 3.29. The molecule has 0 amide bonds. The molecule has 0 atom stereocenters. The quantitative estimate of drug-likeness (QED) is 0.416. The Kier molecular flexibility index (Phi) is 8.30. The summed E-state index contributed by atoms with van der Waals surface area (Å²) in [6.45, 7) is 7.41. The molecule has 0 fully saturated rings. The summed E-state index contributed by atoms with van der Waals surface area (Å²) in [7, 11) is 0. The number of hydrogen-bond acceptors (Lipinski definition) is 1. The molecule has 0 rings (SSSR count). The van der Waals surface area contributed by atoms with Crippen LogP contribution in [0.1, 0.15) is 52.9 Å². The molecule has 0 aromatic rings. The molecule has 0 N–H and O–H groups in total. The van der Waals surface area contributed by atoms with Gasteiger partial charge in [0.05, 0.1) is 12.9 Å². The van der Waals surface area contributed by atoms with Crippen molar-refractivity contribution >= 4 is 0 Å². The lowest BCUT2D eigenvalue weighted by molar-refractivity contribution is 0.238. The minimum absolute atomic E-state index is 0.884. The predicted octanol–water partition coefficient (Wildman–Crippen LogP) is 3.90. The van der Waals surface area contributed by atoms with Crippen molar-refractivity contribution in [2.24, 2.45) is 0 Å². The first-order valence-corrected chi connectivity index (χ1v) is 5.08. The fourth-order valence-electron chi connectivity index (χ4n) is 1.09. The van der Waals surface area contributed by atoms with E-state index in [1.807, 2.05) is 6.26 Å². The van der Waals surface area contributed by atoms with Crippen LogP contribution >= 0.6 is 0 Å². The van der Waals surface area contributed by atoms with Gasteiger partial charge in [-0.1, -0.05) is 33.1 Å². The van der Waals surface area contributed by atoms with E-state index in [0.29, 0.717) is 0 Å². The average molecular weight is 170 g/mol. The summed E-state index contributed by atoms with van der Waals surface area (Å²) in [5.41, 5.74) is 1.36. The fourth-order valence-corrected chi connectivity index (χ4v) is 1.09. The van der Waals surface area contributed by atoms with E-state index in [4.69, 9.17) is 4.74 Å². The molecule has 0 saturated carbocycles. The fraction of sp³-hybridized carbons (Fsp3) is 0.818. The van der Waals surface area contributed by atoms with E-state index < -0.39 is 0 Å². The van der Waals surface area contributed by atoms with Gasteiger partial charge >= 0.3 is 0 Å². The molecule has 1 nitrogen and oxygen atoms in total. The van der Waals surface area contributed by atoms with Gasteiger partial charge in [-0.25, -0.2) is 0 Å². The van der Waals surface area contributed by atoms with Crippen molar-refractivity contribution in [3.05, 3.63) is 11.8 Å². The van der Waals surface area contributed by atoms with Crippen LogP contribution in [-0.2, 0) is 4.74 Å². The molecule has 12 heavy (non-hydrogen) atoms. The first kappa shape index (κ1) is 11.5. The van der Waals surface area contributed by atoms with E-state index in [2.05, 4.69) is 20.8 Å². The number of rotatable bonds is 7. The summed E-state index contributed by atoms with van der Waals surface area (Å²) in [5, 5.41) is 0. The second kappa shape index (κ2) is 8.63. The molecule has 0 aliphatic carbocycles. The van der Waals surface area contributed by atoms with Crippen LogP contribution in [0.15, 0.2) is 11.8 Å². The lowest BCUT2D eigenvalue weighted by Gasteiger charge is -2.01. The lowest BCUT2D eigenvalue weighted by Crippen LogP contribution is -1.88.